The van der Waals surface area contributed by atoms with Crippen LogP contribution in [0.15, 0.2) is 30.3 Å². The summed E-state index contributed by atoms with van der Waals surface area (Å²) in [6.07, 6.45) is 0. The van der Waals surface area contributed by atoms with Gasteiger partial charge < -0.3 is 19.5 Å². The van der Waals surface area contributed by atoms with E-state index >= 15 is 0 Å². The van der Waals surface area contributed by atoms with Gasteiger partial charge in [0.05, 0.1) is 19.8 Å². The molecule has 27 heavy (non-hydrogen) atoms. The minimum absolute atomic E-state index is 0.0192. The van der Waals surface area contributed by atoms with Crippen molar-refractivity contribution in [1.82, 2.24) is 5.32 Å². The van der Waals surface area contributed by atoms with Crippen LogP contribution in [0.5, 0.6) is 17.2 Å². The van der Waals surface area contributed by atoms with Crippen LogP contribution >= 0.6 is 0 Å². The van der Waals surface area contributed by atoms with Crippen molar-refractivity contribution < 1.29 is 27.8 Å². The van der Waals surface area contributed by atoms with Crippen molar-refractivity contribution in [2.75, 3.05) is 19.8 Å². The highest BCUT2D eigenvalue weighted by atomic mass is 19.1. The van der Waals surface area contributed by atoms with Gasteiger partial charge in [0.15, 0.2) is 11.5 Å². The zero-order chi connectivity index (χ0) is 19.8. The van der Waals surface area contributed by atoms with Gasteiger partial charge in [-0.15, -0.1) is 0 Å². The van der Waals surface area contributed by atoms with E-state index in [1.165, 1.54) is 12.1 Å². The fourth-order valence-corrected chi connectivity index (χ4v) is 2.52. The van der Waals surface area contributed by atoms with Crippen LogP contribution < -0.4 is 19.5 Å². The molecule has 1 amide bonds. The minimum Gasteiger partial charge on any atom is -0.490 e. The molecule has 0 fully saturated rings. The first-order valence-corrected chi connectivity index (χ1v) is 8.78. The highest BCUT2D eigenvalue weighted by Crippen LogP contribution is 2.39. The quantitative estimate of drug-likeness (QED) is 0.713. The highest BCUT2D eigenvalue weighted by molar-refractivity contribution is 5.95. The number of hydrogen-bond donors (Lipinski definition) is 1. The lowest BCUT2D eigenvalue weighted by molar-refractivity contribution is 0.0949. The average Bonchev–Trinajstić information content (AvgIpc) is 2.61. The molecule has 2 aromatic rings. The van der Waals surface area contributed by atoms with E-state index in [0.29, 0.717) is 48.2 Å². The number of carbonyl (C=O) groups excluding carboxylic acids is 1. The van der Waals surface area contributed by atoms with Crippen LogP contribution in [0.3, 0.4) is 0 Å². The summed E-state index contributed by atoms with van der Waals surface area (Å²) in [4.78, 5) is 12.5. The zero-order valence-electron chi connectivity index (χ0n) is 15.6. The second-order valence-corrected chi connectivity index (χ2v) is 5.56. The molecular formula is C20H23F2NO4. The summed E-state index contributed by atoms with van der Waals surface area (Å²) in [5.74, 6) is -0.593. The van der Waals surface area contributed by atoms with Crippen molar-refractivity contribution in [3.63, 3.8) is 0 Å². The van der Waals surface area contributed by atoms with E-state index in [2.05, 4.69) is 5.32 Å². The number of halogens is 2. The van der Waals surface area contributed by atoms with E-state index in [1.807, 2.05) is 20.8 Å². The molecule has 0 heterocycles. The second-order valence-electron chi connectivity index (χ2n) is 5.56. The van der Waals surface area contributed by atoms with E-state index in [1.54, 1.807) is 12.1 Å². The number of amides is 1. The van der Waals surface area contributed by atoms with E-state index in [4.69, 9.17) is 14.2 Å². The Morgan fingerprint density at radius 1 is 0.852 bits per heavy atom. The maximum Gasteiger partial charge on any atom is 0.251 e. The van der Waals surface area contributed by atoms with Gasteiger partial charge in [0.2, 0.25) is 5.75 Å². The lowest BCUT2D eigenvalue weighted by Gasteiger charge is -2.17. The topological polar surface area (TPSA) is 56.8 Å². The summed E-state index contributed by atoms with van der Waals surface area (Å²) >= 11 is 0. The fourth-order valence-electron chi connectivity index (χ4n) is 2.52. The standard InChI is InChI=1S/C20H23F2NO4/c1-4-25-17-9-14(10-18(26-5-2)19(17)27-6-3)20(24)23-12-13-7-15(21)11-16(22)8-13/h7-11H,4-6,12H2,1-3H3,(H,23,24). The molecule has 146 valence electrons. The van der Waals surface area contributed by atoms with Gasteiger partial charge in [0, 0.05) is 18.2 Å². The van der Waals surface area contributed by atoms with Crippen LogP contribution in [0.2, 0.25) is 0 Å². The Morgan fingerprint density at radius 3 is 1.85 bits per heavy atom. The van der Waals surface area contributed by atoms with Gasteiger partial charge in [-0.1, -0.05) is 0 Å². The molecule has 0 spiro atoms. The summed E-state index contributed by atoms with van der Waals surface area (Å²) in [7, 11) is 0. The summed E-state index contributed by atoms with van der Waals surface area (Å²) in [6, 6.07) is 6.22. The van der Waals surface area contributed by atoms with Crippen LogP contribution in [0.1, 0.15) is 36.7 Å². The lowest BCUT2D eigenvalue weighted by atomic mass is 10.1. The van der Waals surface area contributed by atoms with Crippen LogP contribution in [0, 0.1) is 11.6 Å². The maximum atomic E-state index is 13.3. The number of rotatable bonds is 9. The second kappa shape index (κ2) is 9.75. The molecule has 5 nitrogen and oxygen atoms in total. The Labute approximate surface area is 157 Å². The lowest BCUT2D eigenvalue weighted by Crippen LogP contribution is -2.23. The predicted octanol–water partition coefficient (Wildman–Crippen LogP) is 4.09. The summed E-state index contributed by atoms with van der Waals surface area (Å²) in [5, 5.41) is 2.64. The fraction of sp³-hybridized carbons (Fsp3) is 0.350. The van der Waals surface area contributed by atoms with Crippen molar-refractivity contribution in [1.29, 1.82) is 0 Å². The zero-order valence-corrected chi connectivity index (χ0v) is 15.6. The smallest absolute Gasteiger partial charge is 0.251 e. The molecule has 0 aromatic heterocycles. The van der Waals surface area contributed by atoms with Gasteiger partial charge in [0.25, 0.3) is 5.91 Å². The third kappa shape index (κ3) is 5.57. The summed E-state index contributed by atoms with van der Waals surface area (Å²) < 4.78 is 43.3. The number of carbonyl (C=O) groups is 1. The molecule has 2 aromatic carbocycles. The van der Waals surface area contributed by atoms with Gasteiger partial charge in [-0.05, 0) is 50.6 Å². The first-order chi connectivity index (χ1) is 13.0. The first kappa shape index (κ1) is 20.5. The molecule has 0 aliphatic heterocycles. The number of ether oxygens (including phenoxy) is 3. The highest BCUT2D eigenvalue weighted by Gasteiger charge is 2.18. The number of benzene rings is 2. The van der Waals surface area contributed by atoms with E-state index in [9.17, 15) is 13.6 Å². The Bertz CT molecular complexity index is 748. The van der Waals surface area contributed by atoms with Crippen LogP contribution in [0.4, 0.5) is 8.78 Å². The normalized spacial score (nSPS) is 10.4. The molecule has 0 saturated heterocycles. The Kier molecular flexibility index (Phi) is 7.40. The van der Waals surface area contributed by atoms with E-state index in [0.717, 1.165) is 6.07 Å². The Balaban J connectivity index is 2.25. The van der Waals surface area contributed by atoms with E-state index < -0.39 is 17.5 Å². The van der Waals surface area contributed by atoms with Crippen molar-refractivity contribution >= 4 is 5.91 Å². The molecule has 0 unspecified atom stereocenters. The van der Waals surface area contributed by atoms with Gasteiger partial charge in [-0.2, -0.15) is 0 Å². The Morgan fingerprint density at radius 2 is 1.37 bits per heavy atom. The molecule has 1 N–H and O–H groups in total. The molecule has 2 rings (SSSR count). The van der Waals surface area contributed by atoms with Gasteiger partial charge in [-0.25, -0.2) is 8.78 Å². The number of nitrogens with one attached hydrogen (secondary N) is 1. The van der Waals surface area contributed by atoms with Crippen LogP contribution in [0.25, 0.3) is 0 Å². The molecule has 0 aliphatic rings. The molecule has 0 aliphatic carbocycles. The van der Waals surface area contributed by atoms with Crippen molar-refractivity contribution in [2.45, 2.75) is 27.3 Å². The van der Waals surface area contributed by atoms with Gasteiger partial charge in [0.1, 0.15) is 11.6 Å². The largest absolute Gasteiger partial charge is 0.490 e. The monoisotopic (exact) mass is 379 g/mol. The summed E-state index contributed by atoms with van der Waals surface area (Å²) in [5.41, 5.74) is 0.615. The SMILES string of the molecule is CCOc1cc(C(=O)NCc2cc(F)cc(F)c2)cc(OCC)c1OCC. The van der Waals surface area contributed by atoms with Crippen LogP contribution in [-0.2, 0) is 6.54 Å². The molecule has 7 heteroatoms. The Hall–Kier alpha value is -2.83. The van der Waals surface area contributed by atoms with Crippen molar-refractivity contribution in [3.05, 3.63) is 53.1 Å². The first-order valence-electron chi connectivity index (χ1n) is 8.78. The number of hydrogen-bond acceptors (Lipinski definition) is 4. The molecular weight excluding hydrogens is 356 g/mol. The van der Waals surface area contributed by atoms with Crippen LogP contribution in [-0.4, -0.2) is 25.7 Å². The summed E-state index contributed by atoms with van der Waals surface area (Å²) in [6.45, 7) is 6.65. The predicted molar refractivity (Wildman–Crippen MR) is 97.5 cm³/mol. The van der Waals surface area contributed by atoms with E-state index in [-0.39, 0.29) is 6.54 Å². The minimum atomic E-state index is -0.697. The molecule has 0 radical (unpaired) electrons. The third-order valence-electron chi connectivity index (χ3n) is 3.55. The van der Waals surface area contributed by atoms with Crippen molar-refractivity contribution in [2.24, 2.45) is 0 Å². The van der Waals surface area contributed by atoms with Gasteiger partial charge >= 0.3 is 0 Å². The van der Waals surface area contributed by atoms with Gasteiger partial charge in [-0.3, -0.25) is 4.79 Å². The third-order valence-corrected chi connectivity index (χ3v) is 3.55. The molecule has 0 saturated carbocycles. The average molecular weight is 379 g/mol. The molecule has 0 atom stereocenters. The van der Waals surface area contributed by atoms with Crippen molar-refractivity contribution in [3.8, 4) is 17.2 Å². The molecule has 0 bridgehead atoms. The maximum absolute atomic E-state index is 13.3.